The maximum atomic E-state index is 13.7. The molecule has 1 unspecified atom stereocenters. The standard InChI is InChI=1S/C47H50Cl2N10O4/c1-27-17-28(2)50-23-36(27)35-18-30-20-41(51-22-31(30)19-38(35)48)52-42-21-33-11-16-57(44(61)26-59(33)54-42)32-9-12-55(13-10-32)24-29-7-14-56(15-8-29)39-4-3-34-37(45(39)49)25-58(47(34)63)40-5-6-43(60)53-46(40)62/h3-4,17-23,29,32,40H,5-16,24-26H2,1-2H3,(H,51,52,54)(H,53,60,62). The second-order valence-corrected chi connectivity index (χ2v) is 18.6. The van der Waals surface area contributed by atoms with Crippen molar-refractivity contribution >= 4 is 74.9 Å². The zero-order chi connectivity index (χ0) is 43.5. The van der Waals surface area contributed by atoms with Gasteiger partial charge in [0.25, 0.3) is 5.91 Å². The minimum absolute atomic E-state index is 0.113. The number of aromatic nitrogens is 4. The predicted molar refractivity (Wildman–Crippen MR) is 242 cm³/mol. The largest absolute Gasteiger partial charge is 0.370 e. The molecule has 2 aromatic carbocycles. The molecule has 5 aromatic rings. The molecule has 0 aliphatic carbocycles. The van der Waals surface area contributed by atoms with Crippen LogP contribution in [0.3, 0.4) is 0 Å². The maximum absolute atomic E-state index is 13.7. The number of carbonyl (C=O) groups is 4. The number of hydrogen-bond donors (Lipinski definition) is 2. The highest BCUT2D eigenvalue weighted by Gasteiger charge is 2.41. The lowest BCUT2D eigenvalue weighted by molar-refractivity contribution is -0.137. The van der Waals surface area contributed by atoms with Crippen molar-refractivity contribution in [1.29, 1.82) is 0 Å². The summed E-state index contributed by atoms with van der Waals surface area (Å²) in [6.45, 7) is 9.93. The average molecular weight is 890 g/mol. The molecular weight excluding hydrogens is 839 g/mol. The molecule has 5 aliphatic heterocycles. The van der Waals surface area contributed by atoms with Crippen LogP contribution < -0.4 is 15.5 Å². The van der Waals surface area contributed by atoms with E-state index in [0.717, 1.165) is 115 Å². The summed E-state index contributed by atoms with van der Waals surface area (Å²) in [5.74, 6) is 1.06. The summed E-state index contributed by atoms with van der Waals surface area (Å²) in [5, 5.41) is 13.7. The van der Waals surface area contributed by atoms with Crippen molar-refractivity contribution in [1.82, 2.24) is 39.8 Å². The lowest BCUT2D eigenvalue weighted by Crippen LogP contribution is -2.52. The highest BCUT2D eigenvalue weighted by Crippen LogP contribution is 2.40. The molecule has 3 fully saturated rings. The van der Waals surface area contributed by atoms with Crippen molar-refractivity contribution in [2.24, 2.45) is 5.92 Å². The van der Waals surface area contributed by atoms with Gasteiger partial charge in [0.15, 0.2) is 5.82 Å². The number of nitrogens with one attached hydrogen (secondary N) is 2. The zero-order valence-electron chi connectivity index (χ0n) is 35.5. The van der Waals surface area contributed by atoms with E-state index in [9.17, 15) is 19.2 Å². The summed E-state index contributed by atoms with van der Waals surface area (Å²) in [6.07, 6.45) is 8.96. The number of rotatable bonds is 8. The Bertz CT molecular complexity index is 2670. The first-order chi connectivity index (χ1) is 30.4. The van der Waals surface area contributed by atoms with Crippen LogP contribution >= 0.6 is 23.2 Å². The Balaban J connectivity index is 0.704. The van der Waals surface area contributed by atoms with Gasteiger partial charge in [-0.05, 0) is 99.2 Å². The number of likely N-dealkylation sites (tertiary alicyclic amines) is 1. The molecule has 63 heavy (non-hydrogen) atoms. The molecule has 1 atom stereocenters. The highest BCUT2D eigenvalue weighted by molar-refractivity contribution is 6.35. The Morgan fingerprint density at radius 1 is 0.762 bits per heavy atom. The van der Waals surface area contributed by atoms with E-state index in [1.54, 1.807) is 4.90 Å². The van der Waals surface area contributed by atoms with E-state index in [1.165, 1.54) is 0 Å². The summed E-state index contributed by atoms with van der Waals surface area (Å²) in [7, 11) is 0. The summed E-state index contributed by atoms with van der Waals surface area (Å²) < 4.78 is 1.84. The molecule has 16 heteroatoms. The van der Waals surface area contributed by atoms with Gasteiger partial charge >= 0.3 is 0 Å². The van der Waals surface area contributed by atoms with Gasteiger partial charge in [-0.15, -0.1) is 0 Å². The van der Waals surface area contributed by atoms with Crippen LogP contribution in [0.25, 0.3) is 21.9 Å². The number of amides is 4. The van der Waals surface area contributed by atoms with E-state index in [0.29, 0.717) is 46.1 Å². The molecule has 3 aromatic heterocycles. The normalized spacial score (nSPS) is 20.3. The average Bonchev–Trinajstić information content (AvgIpc) is 3.76. The van der Waals surface area contributed by atoms with Crippen LogP contribution in [0.5, 0.6) is 0 Å². The van der Waals surface area contributed by atoms with Crippen LogP contribution in [0, 0.1) is 19.8 Å². The highest BCUT2D eigenvalue weighted by atomic mass is 35.5. The third kappa shape index (κ3) is 8.13. The van der Waals surface area contributed by atoms with Crippen LogP contribution in [0.15, 0.2) is 54.9 Å². The molecule has 14 nitrogen and oxygen atoms in total. The van der Waals surface area contributed by atoms with Crippen LogP contribution in [0.4, 0.5) is 17.3 Å². The molecule has 0 radical (unpaired) electrons. The van der Waals surface area contributed by atoms with Gasteiger partial charge in [-0.3, -0.25) is 34.2 Å². The SMILES string of the molecule is Cc1cc(C)c(-c2cc3cc(Nc4cc5n(n4)CC(=O)N(C4CCN(CC6CCN(c7ccc8c(c7Cl)CN(C7CCC(=O)NC7=O)C8=O)CC6)CC4)CC5)ncc3cc2Cl)cn1. The topological polar surface area (TPSA) is 149 Å². The van der Waals surface area contributed by atoms with Crippen LogP contribution in [0.2, 0.25) is 10.0 Å². The molecule has 0 saturated carbocycles. The monoisotopic (exact) mass is 888 g/mol. The van der Waals surface area contributed by atoms with E-state index in [4.69, 9.17) is 28.3 Å². The Hall–Kier alpha value is -5.57. The van der Waals surface area contributed by atoms with Crippen molar-refractivity contribution in [2.45, 2.75) is 84.0 Å². The van der Waals surface area contributed by atoms with Crippen molar-refractivity contribution in [3.05, 3.63) is 93.0 Å². The lowest BCUT2D eigenvalue weighted by Gasteiger charge is -2.41. The van der Waals surface area contributed by atoms with E-state index in [-0.39, 0.29) is 43.3 Å². The van der Waals surface area contributed by atoms with Gasteiger partial charge in [0.05, 0.1) is 10.7 Å². The number of carbonyl (C=O) groups excluding carboxylic acids is 4. The molecule has 8 heterocycles. The van der Waals surface area contributed by atoms with Gasteiger partial charge in [-0.25, -0.2) is 4.98 Å². The van der Waals surface area contributed by atoms with Gasteiger partial charge < -0.3 is 24.9 Å². The summed E-state index contributed by atoms with van der Waals surface area (Å²) >= 11 is 13.7. The van der Waals surface area contributed by atoms with Crippen LogP contribution in [0.1, 0.15) is 71.4 Å². The second kappa shape index (κ2) is 16.9. The lowest BCUT2D eigenvalue weighted by atomic mass is 9.94. The number of halogens is 2. The fraction of sp³-hybridized carbons (Fsp3) is 0.426. The number of aryl methyl sites for hydroxylation is 2. The van der Waals surface area contributed by atoms with E-state index >= 15 is 0 Å². The number of nitrogens with zero attached hydrogens (tertiary/aromatic N) is 8. The summed E-state index contributed by atoms with van der Waals surface area (Å²) in [6, 6.07) is 13.4. The van der Waals surface area contributed by atoms with E-state index in [1.807, 2.05) is 54.3 Å². The molecule has 2 N–H and O–H groups in total. The van der Waals surface area contributed by atoms with Gasteiger partial charge in [0.2, 0.25) is 17.7 Å². The van der Waals surface area contributed by atoms with Gasteiger partial charge in [-0.1, -0.05) is 23.2 Å². The number of hydrogen-bond acceptors (Lipinski definition) is 10. The first-order valence-electron chi connectivity index (χ1n) is 22.0. The first-order valence-corrected chi connectivity index (χ1v) is 22.8. The molecule has 10 rings (SSSR count). The minimum Gasteiger partial charge on any atom is -0.370 e. The number of anilines is 3. The molecule has 5 aliphatic rings. The summed E-state index contributed by atoms with van der Waals surface area (Å²) in [5.41, 5.74) is 7.25. The van der Waals surface area contributed by atoms with Crippen LogP contribution in [-0.2, 0) is 33.9 Å². The van der Waals surface area contributed by atoms with Gasteiger partial charge in [0, 0.05) is 127 Å². The van der Waals surface area contributed by atoms with Crippen LogP contribution in [-0.4, -0.2) is 109 Å². The zero-order valence-corrected chi connectivity index (χ0v) is 37.0. The first kappa shape index (κ1) is 41.4. The number of pyridine rings is 2. The Morgan fingerprint density at radius 3 is 2.35 bits per heavy atom. The quantitative estimate of drug-likeness (QED) is 0.162. The molecule has 3 saturated heterocycles. The molecule has 0 spiro atoms. The molecular formula is C47H50Cl2N10O4. The number of imide groups is 1. The van der Waals surface area contributed by atoms with Gasteiger partial charge in [-0.2, -0.15) is 5.10 Å². The number of fused-ring (bicyclic) bond motifs is 3. The fourth-order valence-corrected chi connectivity index (χ4v) is 11.0. The van der Waals surface area contributed by atoms with E-state index in [2.05, 4.69) is 54.4 Å². The number of benzene rings is 2. The molecule has 326 valence electrons. The Morgan fingerprint density at radius 2 is 1.57 bits per heavy atom. The third-order valence-corrected chi connectivity index (χ3v) is 14.5. The van der Waals surface area contributed by atoms with E-state index < -0.39 is 11.9 Å². The minimum atomic E-state index is -0.666. The fourth-order valence-electron chi connectivity index (χ4n) is 10.3. The Kier molecular flexibility index (Phi) is 11.1. The smallest absolute Gasteiger partial charge is 0.255 e. The van der Waals surface area contributed by atoms with Gasteiger partial charge in [0.1, 0.15) is 18.4 Å². The van der Waals surface area contributed by atoms with Crippen molar-refractivity contribution in [2.75, 3.05) is 49.5 Å². The third-order valence-electron chi connectivity index (χ3n) is 13.8. The Labute approximate surface area is 375 Å². The number of piperidine rings is 3. The van der Waals surface area contributed by atoms with Crippen molar-refractivity contribution in [3.8, 4) is 11.1 Å². The van der Waals surface area contributed by atoms with Crippen molar-refractivity contribution < 1.29 is 19.2 Å². The molecule has 0 bridgehead atoms. The summed E-state index contributed by atoms with van der Waals surface area (Å²) in [4.78, 5) is 68.9. The van der Waals surface area contributed by atoms with Crippen molar-refractivity contribution in [3.63, 3.8) is 0 Å². The maximum Gasteiger partial charge on any atom is 0.255 e. The predicted octanol–water partition coefficient (Wildman–Crippen LogP) is 6.69. The molecule has 4 amide bonds. The second-order valence-electron chi connectivity index (χ2n) is 17.8.